The molecule has 1 saturated carbocycles. The lowest BCUT2D eigenvalue weighted by molar-refractivity contribution is -0.0395. The molecule has 2 fully saturated rings. The topological polar surface area (TPSA) is 38.5 Å². The normalized spacial score (nSPS) is 40.3. The van der Waals surface area contributed by atoms with E-state index in [0.717, 1.165) is 25.5 Å². The highest BCUT2D eigenvalue weighted by Gasteiger charge is 2.47. The molecule has 112 valence electrons. The van der Waals surface area contributed by atoms with Gasteiger partial charge in [-0.2, -0.15) is 0 Å². The van der Waals surface area contributed by atoms with Crippen LogP contribution in [0, 0.1) is 11.8 Å². The van der Waals surface area contributed by atoms with Crippen LogP contribution in [0.15, 0.2) is 0 Å². The van der Waals surface area contributed by atoms with E-state index in [0.29, 0.717) is 18.1 Å². The second kappa shape index (κ2) is 6.11. The second-order valence-electron chi connectivity index (χ2n) is 6.95. The summed E-state index contributed by atoms with van der Waals surface area (Å²) in [5.74, 6) is 1.44. The van der Waals surface area contributed by atoms with Crippen molar-refractivity contribution >= 4 is 0 Å². The predicted molar refractivity (Wildman–Crippen MR) is 80.2 cm³/mol. The van der Waals surface area contributed by atoms with E-state index >= 15 is 0 Å². The molecule has 0 aromatic heterocycles. The number of ether oxygens (including phenoxy) is 1. The molecule has 1 aliphatic carbocycles. The molecule has 4 atom stereocenters. The first kappa shape index (κ1) is 15.3. The molecular formula is C16H32N2O. The standard InChI is InChI=1S/C16H32N2O/c1-12(2)14-7-5-6-9-16(14,11-17)18(4)15-8-10-19-13(15)3/h12-15H,5-11,17H2,1-4H3. The number of nitrogens with zero attached hydrogens (tertiary/aromatic N) is 1. The van der Waals surface area contributed by atoms with Crippen molar-refractivity contribution in [3.8, 4) is 0 Å². The summed E-state index contributed by atoms with van der Waals surface area (Å²) in [4.78, 5) is 2.61. The monoisotopic (exact) mass is 268 g/mol. The molecule has 4 unspecified atom stereocenters. The summed E-state index contributed by atoms with van der Waals surface area (Å²) >= 11 is 0. The Hall–Kier alpha value is -0.120. The minimum Gasteiger partial charge on any atom is -0.377 e. The maximum Gasteiger partial charge on any atom is 0.0703 e. The highest BCUT2D eigenvalue weighted by Crippen LogP contribution is 2.43. The Morgan fingerprint density at radius 3 is 2.58 bits per heavy atom. The third-order valence-corrected chi connectivity index (χ3v) is 5.76. The van der Waals surface area contributed by atoms with Gasteiger partial charge < -0.3 is 10.5 Å². The average molecular weight is 268 g/mol. The zero-order chi connectivity index (χ0) is 14.0. The molecule has 1 saturated heterocycles. The van der Waals surface area contributed by atoms with Crippen molar-refractivity contribution in [2.45, 2.75) is 70.6 Å². The molecule has 1 heterocycles. The van der Waals surface area contributed by atoms with E-state index in [1.165, 1.54) is 25.7 Å². The van der Waals surface area contributed by atoms with Crippen LogP contribution in [-0.2, 0) is 4.74 Å². The summed E-state index contributed by atoms with van der Waals surface area (Å²) in [7, 11) is 2.30. The predicted octanol–water partition coefficient (Wildman–Crippen LogP) is 2.64. The molecule has 2 rings (SSSR count). The van der Waals surface area contributed by atoms with Crippen molar-refractivity contribution in [3.63, 3.8) is 0 Å². The molecule has 19 heavy (non-hydrogen) atoms. The van der Waals surface area contributed by atoms with Gasteiger partial charge in [0.15, 0.2) is 0 Å². The van der Waals surface area contributed by atoms with Gasteiger partial charge in [0.05, 0.1) is 6.10 Å². The first-order valence-corrected chi connectivity index (χ1v) is 8.07. The van der Waals surface area contributed by atoms with Crippen LogP contribution in [-0.4, -0.2) is 42.8 Å². The van der Waals surface area contributed by atoms with E-state index < -0.39 is 0 Å². The Kier molecular flexibility index (Phi) is 4.91. The lowest BCUT2D eigenvalue weighted by Gasteiger charge is -2.53. The van der Waals surface area contributed by atoms with Gasteiger partial charge in [-0.15, -0.1) is 0 Å². The van der Waals surface area contributed by atoms with Crippen molar-refractivity contribution in [2.24, 2.45) is 17.6 Å². The van der Waals surface area contributed by atoms with Crippen LogP contribution >= 0.6 is 0 Å². The van der Waals surface area contributed by atoms with Gasteiger partial charge in [0.2, 0.25) is 0 Å². The van der Waals surface area contributed by atoms with Gasteiger partial charge in [-0.05, 0) is 45.1 Å². The number of hydrogen-bond donors (Lipinski definition) is 1. The third kappa shape index (κ3) is 2.70. The molecule has 0 radical (unpaired) electrons. The van der Waals surface area contributed by atoms with Gasteiger partial charge in [-0.25, -0.2) is 0 Å². The Balaban J connectivity index is 2.23. The minimum atomic E-state index is 0.193. The summed E-state index contributed by atoms with van der Waals surface area (Å²) in [5, 5.41) is 0. The van der Waals surface area contributed by atoms with Gasteiger partial charge in [-0.3, -0.25) is 4.90 Å². The Bertz CT molecular complexity index is 294. The molecular weight excluding hydrogens is 236 g/mol. The van der Waals surface area contributed by atoms with Crippen LogP contribution in [0.2, 0.25) is 0 Å². The second-order valence-corrected chi connectivity index (χ2v) is 6.95. The van der Waals surface area contributed by atoms with Crippen molar-refractivity contribution in [3.05, 3.63) is 0 Å². The van der Waals surface area contributed by atoms with E-state index in [-0.39, 0.29) is 5.54 Å². The summed E-state index contributed by atoms with van der Waals surface area (Å²) in [6.45, 7) is 8.63. The highest BCUT2D eigenvalue weighted by atomic mass is 16.5. The van der Waals surface area contributed by atoms with E-state index in [1.54, 1.807) is 0 Å². The van der Waals surface area contributed by atoms with Gasteiger partial charge in [0, 0.05) is 24.7 Å². The number of likely N-dealkylation sites (N-methyl/N-ethyl adjacent to an activating group) is 1. The molecule has 3 heteroatoms. The number of nitrogens with two attached hydrogens (primary N) is 1. The molecule has 0 amide bonds. The third-order valence-electron chi connectivity index (χ3n) is 5.76. The van der Waals surface area contributed by atoms with Crippen LogP contribution in [0.4, 0.5) is 0 Å². The fourth-order valence-corrected chi connectivity index (χ4v) is 4.60. The van der Waals surface area contributed by atoms with Crippen LogP contribution in [0.3, 0.4) is 0 Å². The van der Waals surface area contributed by atoms with Gasteiger partial charge in [0.25, 0.3) is 0 Å². The zero-order valence-electron chi connectivity index (χ0n) is 13.2. The van der Waals surface area contributed by atoms with Crippen LogP contribution in [0.5, 0.6) is 0 Å². The summed E-state index contributed by atoms with van der Waals surface area (Å²) in [6.07, 6.45) is 6.79. The lowest BCUT2D eigenvalue weighted by Crippen LogP contribution is -2.63. The van der Waals surface area contributed by atoms with Crippen molar-refractivity contribution in [1.29, 1.82) is 0 Å². The number of hydrogen-bond acceptors (Lipinski definition) is 3. The summed E-state index contributed by atoms with van der Waals surface area (Å²) < 4.78 is 5.78. The van der Waals surface area contributed by atoms with Crippen LogP contribution < -0.4 is 5.73 Å². The minimum absolute atomic E-state index is 0.193. The van der Waals surface area contributed by atoms with E-state index in [2.05, 4.69) is 32.7 Å². The molecule has 2 N–H and O–H groups in total. The van der Waals surface area contributed by atoms with Gasteiger partial charge in [0.1, 0.15) is 0 Å². The Morgan fingerprint density at radius 2 is 2.05 bits per heavy atom. The van der Waals surface area contributed by atoms with Crippen LogP contribution in [0.25, 0.3) is 0 Å². The smallest absolute Gasteiger partial charge is 0.0703 e. The molecule has 0 aromatic rings. The van der Waals surface area contributed by atoms with E-state index in [9.17, 15) is 0 Å². The fraction of sp³-hybridized carbons (Fsp3) is 1.00. The van der Waals surface area contributed by atoms with Gasteiger partial charge in [-0.1, -0.05) is 26.7 Å². The number of rotatable bonds is 4. The summed E-state index contributed by atoms with van der Waals surface area (Å²) in [6, 6.07) is 0.544. The maximum atomic E-state index is 6.30. The molecule has 0 aromatic carbocycles. The molecule has 1 aliphatic heterocycles. The average Bonchev–Trinajstić information content (AvgIpc) is 2.83. The van der Waals surface area contributed by atoms with Gasteiger partial charge >= 0.3 is 0 Å². The van der Waals surface area contributed by atoms with Crippen molar-refractivity contribution in [1.82, 2.24) is 4.90 Å². The quantitative estimate of drug-likeness (QED) is 0.852. The molecule has 3 nitrogen and oxygen atoms in total. The molecule has 0 spiro atoms. The Labute approximate surface area is 118 Å². The van der Waals surface area contributed by atoms with Crippen molar-refractivity contribution < 1.29 is 4.74 Å². The zero-order valence-corrected chi connectivity index (χ0v) is 13.2. The molecule has 0 bridgehead atoms. The maximum absolute atomic E-state index is 6.30. The lowest BCUT2D eigenvalue weighted by atomic mass is 9.66. The van der Waals surface area contributed by atoms with Crippen LogP contribution in [0.1, 0.15) is 52.9 Å². The summed E-state index contributed by atoms with van der Waals surface area (Å²) in [5.41, 5.74) is 6.49. The fourth-order valence-electron chi connectivity index (χ4n) is 4.60. The largest absolute Gasteiger partial charge is 0.377 e. The highest BCUT2D eigenvalue weighted by molar-refractivity contribution is 5.03. The first-order valence-electron chi connectivity index (χ1n) is 8.07. The Morgan fingerprint density at radius 1 is 1.32 bits per heavy atom. The molecule has 2 aliphatic rings. The van der Waals surface area contributed by atoms with Crippen molar-refractivity contribution in [2.75, 3.05) is 20.2 Å². The SMILES string of the molecule is CC(C)C1CCCCC1(CN)N(C)C1CCOC1C. The van der Waals surface area contributed by atoms with E-state index in [4.69, 9.17) is 10.5 Å². The van der Waals surface area contributed by atoms with E-state index in [1.807, 2.05) is 0 Å². The first-order chi connectivity index (χ1) is 9.03.